The van der Waals surface area contributed by atoms with E-state index in [1.54, 1.807) is 48.5 Å². The third-order valence-corrected chi connectivity index (χ3v) is 11.0. The van der Waals surface area contributed by atoms with Gasteiger partial charge in [0.1, 0.15) is 5.54 Å². The second kappa shape index (κ2) is 13.7. The monoisotopic (exact) mass is 668 g/mol. The summed E-state index contributed by atoms with van der Waals surface area (Å²) in [6, 6.07) is 33.2. The number of hydrogen-bond donors (Lipinski definition) is 3. The molecule has 1 spiro atoms. The third kappa shape index (κ3) is 6.69. The van der Waals surface area contributed by atoms with Crippen LogP contribution in [0.2, 0.25) is 0 Å². The van der Waals surface area contributed by atoms with Gasteiger partial charge in [-0.05, 0) is 60.4 Å². The molecular weight excluding hydrogens is 628 g/mol. The van der Waals surface area contributed by atoms with Gasteiger partial charge in [-0.1, -0.05) is 72.8 Å². The highest BCUT2D eigenvalue weighted by Crippen LogP contribution is 2.40. The number of nitrogens with one attached hydrogen (secondary N) is 2. The Labute approximate surface area is 281 Å². The average Bonchev–Trinajstić information content (AvgIpc) is 3.44. The van der Waals surface area contributed by atoms with E-state index < -0.39 is 21.9 Å². The number of carbonyl (C=O) groups excluding carboxylic acids is 1. The lowest BCUT2D eigenvalue weighted by molar-refractivity contribution is -0.253. The molecule has 4 aromatic carbocycles. The summed E-state index contributed by atoms with van der Waals surface area (Å²) in [5.41, 5.74) is 3.38. The van der Waals surface area contributed by atoms with E-state index in [9.17, 15) is 18.3 Å². The fourth-order valence-corrected chi connectivity index (χ4v) is 8.09. The van der Waals surface area contributed by atoms with Crippen molar-refractivity contribution >= 4 is 27.3 Å². The Morgan fingerprint density at radius 3 is 2.27 bits per heavy atom. The lowest BCUT2D eigenvalue weighted by Gasteiger charge is -2.45. The highest BCUT2D eigenvalue weighted by atomic mass is 32.2. The maximum absolute atomic E-state index is 13.2. The summed E-state index contributed by atoms with van der Waals surface area (Å²) >= 11 is 0. The summed E-state index contributed by atoms with van der Waals surface area (Å²) < 4.78 is 41.9. The van der Waals surface area contributed by atoms with Crippen molar-refractivity contribution in [3.05, 3.63) is 126 Å². The van der Waals surface area contributed by atoms with Crippen LogP contribution < -0.4 is 14.9 Å². The summed E-state index contributed by atoms with van der Waals surface area (Å²) in [5.74, 6) is 0.0857. The summed E-state index contributed by atoms with van der Waals surface area (Å²) in [5, 5.41) is 12.7. The Morgan fingerprint density at radius 1 is 0.854 bits per heavy atom. The molecule has 3 unspecified atom stereocenters. The number of aliphatic hydroxyl groups is 1. The van der Waals surface area contributed by atoms with E-state index in [2.05, 4.69) is 32.0 Å². The first kappa shape index (κ1) is 32.3. The molecule has 3 heterocycles. The van der Waals surface area contributed by atoms with Crippen LogP contribution in [0.15, 0.2) is 114 Å². The second-order valence-corrected chi connectivity index (χ2v) is 14.3. The van der Waals surface area contributed by atoms with Crippen molar-refractivity contribution < 1.29 is 27.8 Å². The van der Waals surface area contributed by atoms with E-state index in [1.165, 1.54) is 0 Å². The molecule has 4 aromatic rings. The van der Waals surface area contributed by atoms with E-state index in [0.717, 1.165) is 29.9 Å². The zero-order valence-corrected chi connectivity index (χ0v) is 27.4. The van der Waals surface area contributed by atoms with Crippen LogP contribution in [0.25, 0.3) is 0 Å². The minimum atomic E-state index is -3.78. The van der Waals surface area contributed by atoms with Gasteiger partial charge in [0.15, 0.2) is 6.29 Å². The van der Waals surface area contributed by atoms with Crippen LogP contribution in [0.1, 0.15) is 48.3 Å². The van der Waals surface area contributed by atoms with Gasteiger partial charge in [0.2, 0.25) is 5.91 Å². The third-order valence-electron chi connectivity index (χ3n) is 9.63. The van der Waals surface area contributed by atoms with Gasteiger partial charge in [-0.15, -0.1) is 0 Å². The number of amides is 1. The van der Waals surface area contributed by atoms with Crippen molar-refractivity contribution in [3.8, 4) is 0 Å². The van der Waals surface area contributed by atoms with Crippen LogP contribution in [0.5, 0.6) is 0 Å². The smallest absolute Gasteiger partial charge is 0.261 e. The van der Waals surface area contributed by atoms with Crippen LogP contribution >= 0.6 is 0 Å². The molecule has 7 rings (SSSR count). The first-order chi connectivity index (χ1) is 23.3. The zero-order chi connectivity index (χ0) is 33.1. The number of sulfonamides is 1. The normalized spacial score (nSPS) is 22.8. The molecule has 3 aliphatic rings. The van der Waals surface area contributed by atoms with Crippen LogP contribution in [0, 0.1) is 0 Å². The van der Waals surface area contributed by atoms with Crippen molar-refractivity contribution in [3.63, 3.8) is 0 Å². The molecule has 0 saturated carbocycles. The van der Waals surface area contributed by atoms with Crippen LogP contribution in [0.4, 0.5) is 11.4 Å². The second-order valence-electron chi connectivity index (χ2n) is 12.7. The molecule has 3 saturated heterocycles. The van der Waals surface area contributed by atoms with E-state index in [1.807, 2.05) is 48.5 Å². The highest BCUT2D eigenvalue weighted by Gasteiger charge is 2.50. The first-order valence-corrected chi connectivity index (χ1v) is 17.8. The molecule has 48 heavy (non-hydrogen) atoms. The summed E-state index contributed by atoms with van der Waals surface area (Å²) in [6.07, 6.45) is 0.821. The summed E-state index contributed by atoms with van der Waals surface area (Å²) in [4.78, 5) is 18.0. The number of anilines is 2. The number of likely N-dealkylation sites (tertiary alicyclic amines) is 1. The number of ether oxygens (including phenoxy) is 2. The van der Waals surface area contributed by atoms with Gasteiger partial charge in [-0.25, -0.2) is 8.42 Å². The Kier molecular flexibility index (Phi) is 9.21. The first-order valence-electron chi connectivity index (χ1n) is 16.3. The standard InChI is InChI=1S/C37H40N4O6S/c42-25-27-14-16-28(17-15-27)34-23-32(24-40-20-18-37(19-21-40)36(43)38-26-41(37)31-10-3-1-4-11-31)46-35(47-34)29-8-7-9-30(22-29)39-48(44,45)33-12-5-2-6-13-33/h1-17,22,32,34-35,39,42H,18-21,23-26H2,(H,38,43). The molecule has 0 aromatic heterocycles. The van der Waals surface area contributed by atoms with Gasteiger partial charge >= 0.3 is 0 Å². The Balaban J connectivity index is 1.09. The number of aliphatic hydroxyl groups excluding tert-OH is 1. The van der Waals surface area contributed by atoms with Crippen molar-refractivity contribution in [1.29, 1.82) is 0 Å². The van der Waals surface area contributed by atoms with E-state index in [4.69, 9.17) is 9.47 Å². The predicted molar refractivity (Wildman–Crippen MR) is 182 cm³/mol. The van der Waals surface area contributed by atoms with Gasteiger partial charge in [-0.2, -0.15) is 0 Å². The van der Waals surface area contributed by atoms with Gasteiger partial charge in [0.05, 0.1) is 30.4 Å². The zero-order valence-electron chi connectivity index (χ0n) is 26.6. The maximum Gasteiger partial charge on any atom is 0.261 e. The maximum atomic E-state index is 13.2. The Morgan fingerprint density at radius 2 is 1.56 bits per heavy atom. The van der Waals surface area contributed by atoms with Gasteiger partial charge in [0, 0.05) is 43.0 Å². The minimum absolute atomic E-state index is 0.0397. The lowest BCUT2D eigenvalue weighted by atomic mass is 9.85. The number of hydrogen-bond acceptors (Lipinski definition) is 8. The molecule has 250 valence electrons. The molecule has 1 amide bonds. The van der Waals surface area contributed by atoms with Crippen LogP contribution in [-0.4, -0.2) is 62.3 Å². The minimum Gasteiger partial charge on any atom is -0.392 e. The topological polar surface area (TPSA) is 120 Å². The number of carbonyl (C=O) groups is 1. The molecule has 0 radical (unpaired) electrons. The Hall–Kier alpha value is -4.26. The van der Waals surface area contributed by atoms with Gasteiger partial charge in [-0.3, -0.25) is 9.52 Å². The number of benzene rings is 4. The number of piperidine rings is 1. The van der Waals surface area contributed by atoms with Crippen molar-refractivity contribution in [1.82, 2.24) is 10.2 Å². The number of para-hydroxylation sites is 1. The van der Waals surface area contributed by atoms with Crippen molar-refractivity contribution in [2.45, 2.75) is 54.8 Å². The number of nitrogens with zero attached hydrogens (tertiary/aromatic N) is 2. The van der Waals surface area contributed by atoms with Crippen LogP contribution in [0.3, 0.4) is 0 Å². The SMILES string of the molecule is O=C1NCN(c2ccccc2)C12CCN(CC1CC(c3ccc(CO)cc3)OC(c3cccc(NS(=O)(=O)c4ccccc4)c3)O1)CC2. The van der Waals surface area contributed by atoms with Crippen LogP contribution in [-0.2, 0) is 30.9 Å². The lowest BCUT2D eigenvalue weighted by Crippen LogP contribution is -2.57. The molecule has 3 atom stereocenters. The van der Waals surface area contributed by atoms with Gasteiger partial charge < -0.3 is 29.7 Å². The highest BCUT2D eigenvalue weighted by molar-refractivity contribution is 7.92. The van der Waals surface area contributed by atoms with Crippen molar-refractivity contribution in [2.24, 2.45) is 0 Å². The fourth-order valence-electron chi connectivity index (χ4n) is 7.02. The van der Waals surface area contributed by atoms with E-state index >= 15 is 0 Å². The quantitative estimate of drug-likeness (QED) is 0.229. The summed E-state index contributed by atoms with van der Waals surface area (Å²) in [6.45, 7) is 2.62. The molecule has 10 nitrogen and oxygen atoms in total. The van der Waals surface area contributed by atoms with E-state index in [-0.39, 0.29) is 29.6 Å². The Bertz CT molecular complexity index is 1820. The molecule has 3 aliphatic heterocycles. The molecular formula is C37H40N4O6S. The fraction of sp³-hybridized carbons (Fsp3) is 0.324. The molecule has 3 N–H and O–H groups in total. The van der Waals surface area contributed by atoms with Crippen molar-refractivity contribution in [2.75, 3.05) is 35.9 Å². The number of rotatable bonds is 9. The van der Waals surface area contributed by atoms with Gasteiger partial charge in [0.25, 0.3) is 10.0 Å². The largest absolute Gasteiger partial charge is 0.392 e. The molecule has 3 fully saturated rings. The van der Waals surface area contributed by atoms with E-state index in [0.29, 0.717) is 43.7 Å². The predicted octanol–water partition coefficient (Wildman–Crippen LogP) is 4.95. The average molecular weight is 669 g/mol. The molecule has 0 bridgehead atoms. The summed E-state index contributed by atoms with van der Waals surface area (Å²) in [7, 11) is -3.78. The molecule has 11 heteroatoms. The molecule has 0 aliphatic carbocycles.